The van der Waals surface area contributed by atoms with Gasteiger partial charge in [-0.25, -0.2) is 23.0 Å². The highest BCUT2D eigenvalue weighted by molar-refractivity contribution is 7.89. The number of aromatic nitrogens is 1. The van der Waals surface area contributed by atoms with Gasteiger partial charge in [0.2, 0.25) is 15.9 Å². The van der Waals surface area contributed by atoms with Crippen molar-refractivity contribution in [2.24, 2.45) is 0 Å². The number of amides is 1. The van der Waals surface area contributed by atoms with Gasteiger partial charge in [-0.15, -0.1) is 0 Å². The monoisotopic (exact) mass is 544 g/mol. The molecule has 4 rings (SSSR count). The van der Waals surface area contributed by atoms with Crippen LogP contribution in [-0.2, 0) is 29.0 Å². The predicted octanol–water partition coefficient (Wildman–Crippen LogP) is 2.30. The first-order valence-electron chi connectivity index (χ1n) is 12.0. The van der Waals surface area contributed by atoms with Crippen molar-refractivity contribution in [3.63, 3.8) is 0 Å². The van der Waals surface area contributed by atoms with Crippen LogP contribution in [0.2, 0.25) is 0 Å². The Labute approximate surface area is 220 Å². The van der Waals surface area contributed by atoms with E-state index in [0.29, 0.717) is 17.7 Å². The van der Waals surface area contributed by atoms with E-state index in [1.165, 1.54) is 28.4 Å². The molecule has 1 amide bonds. The van der Waals surface area contributed by atoms with Gasteiger partial charge in [-0.3, -0.25) is 0 Å². The SMILES string of the molecule is CCOC(=O)C12CCC(CN(C(=O)OCCOC)C1)N2S(=O)(=O)c1ccc(Oc2ccc(C#N)cc2)nc1. The van der Waals surface area contributed by atoms with Crippen molar-refractivity contribution in [1.29, 1.82) is 5.26 Å². The fraction of sp³-hybridized carbons (Fsp3) is 0.440. The summed E-state index contributed by atoms with van der Waals surface area (Å²) < 4.78 is 49.9. The number of nitriles is 1. The number of carbonyl (C=O) groups is 2. The zero-order valence-electron chi connectivity index (χ0n) is 21.0. The van der Waals surface area contributed by atoms with Gasteiger partial charge in [0.25, 0.3) is 0 Å². The smallest absolute Gasteiger partial charge is 0.409 e. The first-order chi connectivity index (χ1) is 18.2. The lowest BCUT2D eigenvalue weighted by atomic mass is 9.97. The van der Waals surface area contributed by atoms with Gasteiger partial charge in [0.15, 0.2) is 5.54 Å². The Kier molecular flexibility index (Phi) is 8.15. The number of esters is 1. The van der Waals surface area contributed by atoms with E-state index in [2.05, 4.69) is 4.98 Å². The summed E-state index contributed by atoms with van der Waals surface area (Å²) in [6, 6.07) is 10.5. The molecular weight excluding hydrogens is 516 g/mol. The van der Waals surface area contributed by atoms with Gasteiger partial charge in [0.1, 0.15) is 17.3 Å². The lowest BCUT2D eigenvalue weighted by molar-refractivity contribution is -0.156. The molecule has 1 aromatic heterocycles. The summed E-state index contributed by atoms with van der Waals surface area (Å²) in [5, 5.41) is 8.92. The number of piperazine rings is 1. The third-order valence-corrected chi connectivity index (χ3v) is 8.43. The average molecular weight is 545 g/mol. The molecule has 1 aromatic carbocycles. The van der Waals surface area contributed by atoms with Crippen LogP contribution in [0.25, 0.3) is 0 Å². The maximum absolute atomic E-state index is 13.8. The molecule has 2 aliphatic heterocycles. The molecule has 38 heavy (non-hydrogen) atoms. The second-order valence-corrected chi connectivity index (χ2v) is 10.6. The number of rotatable bonds is 9. The number of hydrogen-bond acceptors (Lipinski definition) is 10. The van der Waals surface area contributed by atoms with E-state index in [0.717, 1.165) is 6.20 Å². The molecule has 13 heteroatoms. The third-order valence-electron chi connectivity index (χ3n) is 6.43. The predicted molar refractivity (Wildman–Crippen MR) is 132 cm³/mol. The lowest BCUT2D eigenvalue weighted by Gasteiger charge is -2.45. The Balaban J connectivity index is 1.58. The van der Waals surface area contributed by atoms with Crippen LogP contribution in [0.1, 0.15) is 25.3 Å². The number of nitrogens with zero attached hydrogens (tertiary/aromatic N) is 4. The number of fused-ring (bicyclic) bond motifs is 2. The van der Waals surface area contributed by atoms with Gasteiger partial charge in [0.05, 0.1) is 37.6 Å². The first-order valence-corrected chi connectivity index (χ1v) is 13.5. The Morgan fingerprint density at radius 2 is 1.92 bits per heavy atom. The summed E-state index contributed by atoms with van der Waals surface area (Å²) in [4.78, 5) is 31.2. The third kappa shape index (κ3) is 5.28. The zero-order chi connectivity index (χ0) is 27.3. The van der Waals surface area contributed by atoms with Gasteiger partial charge in [-0.05, 0) is 50.1 Å². The van der Waals surface area contributed by atoms with Crippen molar-refractivity contribution in [1.82, 2.24) is 14.2 Å². The highest BCUT2D eigenvalue weighted by atomic mass is 32.2. The molecule has 2 atom stereocenters. The maximum atomic E-state index is 13.8. The minimum Gasteiger partial charge on any atom is -0.465 e. The summed E-state index contributed by atoms with van der Waals surface area (Å²) in [5.74, 6) is -0.130. The van der Waals surface area contributed by atoms with Crippen molar-refractivity contribution < 1.29 is 37.0 Å². The minimum absolute atomic E-state index is 0.0352. The van der Waals surface area contributed by atoms with Gasteiger partial charge in [-0.1, -0.05) is 0 Å². The molecule has 2 aromatic rings. The van der Waals surface area contributed by atoms with E-state index in [1.807, 2.05) is 6.07 Å². The quantitative estimate of drug-likeness (QED) is 0.340. The number of pyridine rings is 1. The normalized spacial score (nSPS) is 21.0. The molecule has 0 aliphatic carbocycles. The molecule has 2 saturated heterocycles. The number of carbonyl (C=O) groups excluding carboxylic acids is 2. The first kappa shape index (κ1) is 27.3. The molecular formula is C25H28N4O8S. The van der Waals surface area contributed by atoms with Crippen LogP contribution in [0.4, 0.5) is 4.79 Å². The Morgan fingerprint density at radius 1 is 1.16 bits per heavy atom. The van der Waals surface area contributed by atoms with Crippen LogP contribution in [0.5, 0.6) is 11.6 Å². The average Bonchev–Trinajstić information content (AvgIpc) is 3.18. The van der Waals surface area contributed by atoms with Crippen molar-refractivity contribution in [3.05, 3.63) is 48.2 Å². The number of hydrogen-bond donors (Lipinski definition) is 0. The molecule has 12 nitrogen and oxygen atoms in total. The van der Waals surface area contributed by atoms with Crippen LogP contribution < -0.4 is 4.74 Å². The van der Waals surface area contributed by atoms with Crippen LogP contribution >= 0.6 is 0 Å². The second-order valence-electron chi connectivity index (χ2n) is 8.80. The van der Waals surface area contributed by atoms with Gasteiger partial charge in [0, 0.05) is 25.8 Å². The Morgan fingerprint density at radius 3 is 2.55 bits per heavy atom. The topological polar surface area (TPSA) is 148 Å². The summed E-state index contributed by atoms with van der Waals surface area (Å²) >= 11 is 0. The molecule has 0 N–H and O–H groups in total. The maximum Gasteiger partial charge on any atom is 0.409 e. The fourth-order valence-corrected chi connectivity index (χ4v) is 6.64. The summed E-state index contributed by atoms with van der Waals surface area (Å²) in [5.41, 5.74) is -1.12. The van der Waals surface area contributed by atoms with Crippen LogP contribution in [0, 0.1) is 11.3 Å². The number of sulfonamides is 1. The van der Waals surface area contributed by atoms with Crippen LogP contribution in [0.3, 0.4) is 0 Å². The molecule has 0 radical (unpaired) electrons. The van der Waals surface area contributed by atoms with E-state index >= 15 is 0 Å². The molecule has 3 heterocycles. The van der Waals surface area contributed by atoms with Crippen molar-refractivity contribution in [2.75, 3.05) is 40.0 Å². The van der Waals surface area contributed by atoms with Crippen molar-refractivity contribution >= 4 is 22.1 Å². The summed E-state index contributed by atoms with van der Waals surface area (Å²) in [6.07, 6.45) is 1.08. The van der Waals surface area contributed by atoms with Gasteiger partial charge < -0.3 is 23.8 Å². The number of benzene rings is 1. The summed E-state index contributed by atoms with van der Waals surface area (Å²) in [6.45, 7) is 1.81. The van der Waals surface area contributed by atoms with Gasteiger partial charge >= 0.3 is 12.1 Å². The van der Waals surface area contributed by atoms with Crippen molar-refractivity contribution in [2.45, 2.75) is 36.2 Å². The standard InChI is InChI=1S/C25H28N4O8S/c1-3-35-23(30)25-11-10-19(16-28(17-25)24(31)36-13-12-34-2)29(25)38(32,33)21-8-9-22(27-15-21)37-20-6-4-18(14-26)5-7-20/h4-9,15,19H,3,10-13,16-17H2,1-2H3. The molecule has 2 fully saturated rings. The van der Waals surface area contributed by atoms with E-state index < -0.39 is 33.7 Å². The Hall–Kier alpha value is -3.73. The number of likely N-dealkylation sites (tertiary alicyclic amines) is 1. The highest BCUT2D eigenvalue weighted by Gasteiger charge is 2.62. The lowest BCUT2D eigenvalue weighted by Crippen LogP contribution is -2.67. The van der Waals surface area contributed by atoms with Gasteiger partial charge in [-0.2, -0.15) is 9.57 Å². The molecule has 0 spiro atoms. The molecule has 2 bridgehead atoms. The van der Waals surface area contributed by atoms with E-state index in [1.54, 1.807) is 31.2 Å². The van der Waals surface area contributed by atoms with Crippen LogP contribution in [0.15, 0.2) is 47.5 Å². The van der Waals surface area contributed by atoms with E-state index in [4.69, 9.17) is 24.2 Å². The van der Waals surface area contributed by atoms with Crippen molar-refractivity contribution in [3.8, 4) is 17.7 Å². The molecule has 0 saturated carbocycles. The fourth-order valence-electron chi connectivity index (χ4n) is 4.73. The van der Waals surface area contributed by atoms with E-state index in [-0.39, 0.29) is 50.1 Å². The second kappa shape index (κ2) is 11.3. The van der Waals surface area contributed by atoms with E-state index in [9.17, 15) is 18.0 Å². The van der Waals surface area contributed by atoms with Crippen LogP contribution in [-0.4, -0.2) is 86.3 Å². The molecule has 2 aliphatic rings. The minimum atomic E-state index is -4.21. The molecule has 2 unspecified atom stereocenters. The largest absolute Gasteiger partial charge is 0.465 e. The summed E-state index contributed by atoms with van der Waals surface area (Å²) in [7, 11) is -2.73. The highest BCUT2D eigenvalue weighted by Crippen LogP contribution is 2.44. The molecule has 202 valence electrons. The zero-order valence-corrected chi connectivity index (χ0v) is 21.8. The Bertz CT molecular complexity index is 1310. The number of ether oxygens (including phenoxy) is 4. The number of methoxy groups -OCH3 is 1.